The molecule has 4 heterocycles. The van der Waals surface area contributed by atoms with Crippen LogP contribution in [0.25, 0.3) is 11.0 Å². The minimum atomic E-state index is -1.16. The van der Waals surface area contributed by atoms with Gasteiger partial charge in [-0.15, -0.1) is 5.92 Å². The highest BCUT2D eigenvalue weighted by molar-refractivity contribution is 6.00. The lowest BCUT2D eigenvalue weighted by Crippen LogP contribution is -2.53. The van der Waals surface area contributed by atoms with Crippen molar-refractivity contribution in [3.05, 3.63) is 41.9 Å². The van der Waals surface area contributed by atoms with Gasteiger partial charge < -0.3 is 20.6 Å². The minimum absolute atomic E-state index is 0.0553. The monoisotopic (exact) mass is 460 g/mol. The molecule has 10 nitrogen and oxygen atoms in total. The molecule has 0 radical (unpaired) electrons. The molecule has 0 aliphatic carbocycles. The molecular weight excluding hydrogens is 432 g/mol. The van der Waals surface area contributed by atoms with Crippen LogP contribution in [-0.2, 0) is 13.1 Å². The summed E-state index contributed by atoms with van der Waals surface area (Å²) in [5.74, 6) is 6.80. The van der Waals surface area contributed by atoms with Crippen LogP contribution in [0.5, 0.6) is 0 Å². The van der Waals surface area contributed by atoms with E-state index in [1.165, 1.54) is 4.90 Å². The van der Waals surface area contributed by atoms with E-state index in [0.717, 1.165) is 36.0 Å². The molecule has 1 fully saturated rings. The fourth-order valence-corrected chi connectivity index (χ4v) is 4.64. The lowest BCUT2D eigenvalue weighted by molar-refractivity contribution is -0.000768. The van der Waals surface area contributed by atoms with E-state index in [0.29, 0.717) is 30.5 Å². The third-order valence-electron chi connectivity index (χ3n) is 6.39. The van der Waals surface area contributed by atoms with Crippen molar-refractivity contribution in [2.45, 2.75) is 45.2 Å². The van der Waals surface area contributed by atoms with E-state index in [1.807, 2.05) is 22.8 Å². The molecular formula is C24H28N8O2. The van der Waals surface area contributed by atoms with Gasteiger partial charge >= 0.3 is 0 Å². The zero-order valence-electron chi connectivity index (χ0n) is 19.3. The lowest BCUT2D eigenvalue weighted by atomic mass is 10.1. The van der Waals surface area contributed by atoms with Crippen molar-refractivity contribution in [1.29, 1.82) is 0 Å². The Morgan fingerprint density at radius 3 is 2.79 bits per heavy atom. The number of fused-ring (bicyclic) bond motifs is 2. The zero-order valence-corrected chi connectivity index (χ0v) is 19.3. The minimum Gasteiger partial charge on any atom is -0.356 e. The topological polar surface area (TPSA) is 117 Å². The Morgan fingerprint density at radius 2 is 2.03 bits per heavy atom. The van der Waals surface area contributed by atoms with E-state index in [2.05, 4.69) is 26.7 Å². The van der Waals surface area contributed by atoms with Crippen LogP contribution in [0.1, 0.15) is 35.8 Å². The summed E-state index contributed by atoms with van der Waals surface area (Å²) in [6.45, 7) is 3.79. The Hall–Kier alpha value is -3.68. The van der Waals surface area contributed by atoms with Gasteiger partial charge in [-0.2, -0.15) is 4.98 Å². The number of aliphatic hydroxyl groups is 1. The fourth-order valence-electron chi connectivity index (χ4n) is 4.64. The van der Waals surface area contributed by atoms with Gasteiger partial charge in [0, 0.05) is 38.6 Å². The highest BCUT2D eigenvalue weighted by Gasteiger charge is 2.40. The van der Waals surface area contributed by atoms with Crippen molar-refractivity contribution in [1.82, 2.24) is 24.4 Å². The predicted octanol–water partition coefficient (Wildman–Crippen LogP) is 1.15. The number of aliphatic hydroxyl groups excluding tert-OH is 1. The maximum atomic E-state index is 13.7. The van der Waals surface area contributed by atoms with Crippen molar-refractivity contribution in [2.24, 2.45) is 5.73 Å². The van der Waals surface area contributed by atoms with Gasteiger partial charge in [0.1, 0.15) is 0 Å². The normalized spacial score (nSPS) is 20.4. The molecule has 176 valence electrons. The molecule has 3 N–H and O–H groups in total. The molecule has 0 bridgehead atoms. The number of amides is 1. The maximum absolute atomic E-state index is 13.7. The molecule has 0 saturated carbocycles. The number of carbonyl (C=O) groups is 1. The Morgan fingerprint density at radius 1 is 1.24 bits per heavy atom. The standard InChI is InChI=1S/C24H28N8O2/c1-3-4-12-31-20-21(28-23(31)30-11-5-6-17(25)15-30)29(2)24(34)32(22(20)33)14-16-7-8-18-19(13-16)27-10-9-26-18/h7-10,13,17,24,34H,5-6,11-12,14-15,25H2,1-2H3/t17-,24?/m1/s1. The van der Waals surface area contributed by atoms with Crippen molar-refractivity contribution >= 4 is 28.7 Å². The number of nitrogens with zero attached hydrogens (tertiary/aromatic N) is 7. The van der Waals surface area contributed by atoms with Crippen molar-refractivity contribution in [3.8, 4) is 11.8 Å². The Labute approximate surface area is 198 Å². The summed E-state index contributed by atoms with van der Waals surface area (Å²) < 4.78 is 1.85. The molecule has 2 aromatic heterocycles. The van der Waals surface area contributed by atoms with Gasteiger partial charge in [0.15, 0.2) is 11.5 Å². The average Bonchev–Trinajstić information content (AvgIpc) is 3.23. The zero-order chi connectivity index (χ0) is 23.8. The van der Waals surface area contributed by atoms with E-state index >= 15 is 0 Å². The van der Waals surface area contributed by atoms with Crippen LogP contribution in [0.2, 0.25) is 0 Å². The van der Waals surface area contributed by atoms with Crippen molar-refractivity contribution in [2.75, 3.05) is 29.9 Å². The van der Waals surface area contributed by atoms with Gasteiger partial charge in [-0.05, 0) is 37.5 Å². The number of hydrogen-bond donors (Lipinski definition) is 2. The number of nitrogens with two attached hydrogens (primary N) is 1. The number of piperidine rings is 1. The number of rotatable bonds is 4. The molecule has 3 aromatic rings. The molecule has 34 heavy (non-hydrogen) atoms. The van der Waals surface area contributed by atoms with Crippen molar-refractivity contribution < 1.29 is 9.90 Å². The van der Waals surface area contributed by atoms with E-state index in [9.17, 15) is 9.90 Å². The number of hydrogen-bond acceptors (Lipinski definition) is 8. The molecule has 1 saturated heterocycles. The molecule has 2 aliphatic heterocycles. The van der Waals surface area contributed by atoms with Gasteiger partial charge in [0.25, 0.3) is 5.91 Å². The second-order valence-corrected chi connectivity index (χ2v) is 8.72. The summed E-state index contributed by atoms with van der Waals surface area (Å²) in [7, 11) is 1.74. The van der Waals surface area contributed by atoms with E-state index in [4.69, 9.17) is 10.7 Å². The van der Waals surface area contributed by atoms with Gasteiger partial charge in [0.05, 0.1) is 24.1 Å². The third kappa shape index (κ3) is 3.83. The molecule has 1 aromatic carbocycles. The number of benzene rings is 1. The largest absolute Gasteiger partial charge is 0.356 e. The first kappa shape index (κ1) is 22.1. The average molecular weight is 461 g/mol. The van der Waals surface area contributed by atoms with Crippen LogP contribution in [0.3, 0.4) is 0 Å². The fraction of sp³-hybridized carbons (Fsp3) is 0.417. The molecule has 0 spiro atoms. The molecule has 1 unspecified atom stereocenters. The third-order valence-corrected chi connectivity index (χ3v) is 6.39. The van der Waals surface area contributed by atoms with Crippen LogP contribution in [0, 0.1) is 11.8 Å². The summed E-state index contributed by atoms with van der Waals surface area (Å²) >= 11 is 0. The van der Waals surface area contributed by atoms with Crippen molar-refractivity contribution in [3.63, 3.8) is 0 Å². The Balaban J connectivity index is 1.53. The Bertz CT molecular complexity index is 1290. The summed E-state index contributed by atoms with van der Waals surface area (Å²) in [5.41, 5.74) is 9.00. The summed E-state index contributed by atoms with van der Waals surface area (Å²) in [5, 5.41) is 11.1. The molecule has 2 aliphatic rings. The van der Waals surface area contributed by atoms with Crippen LogP contribution >= 0.6 is 0 Å². The Kier molecular flexibility index (Phi) is 5.81. The molecule has 1 amide bonds. The van der Waals surface area contributed by atoms with E-state index in [-0.39, 0.29) is 18.5 Å². The number of imidazole rings is 1. The second-order valence-electron chi connectivity index (χ2n) is 8.72. The molecule has 10 heteroatoms. The quantitative estimate of drug-likeness (QED) is 0.557. The van der Waals surface area contributed by atoms with Gasteiger partial charge in [0.2, 0.25) is 12.3 Å². The number of anilines is 2. The second kappa shape index (κ2) is 8.93. The van der Waals surface area contributed by atoms with Crippen LogP contribution < -0.4 is 15.5 Å². The van der Waals surface area contributed by atoms with Crippen LogP contribution in [0.15, 0.2) is 30.6 Å². The first-order chi connectivity index (χ1) is 16.5. The van der Waals surface area contributed by atoms with E-state index in [1.54, 1.807) is 31.3 Å². The summed E-state index contributed by atoms with van der Waals surface area (Å²) in [6, 6.07) is 5.71. The van der Waals surface area contributed by atoms with Crippen LogP contribution in [-0.4, -0.2) is 68.0 Å². The maximum Gasteiger partial charge on any atom is 0.278 e. The van der Waals surface area contributed by atoms with E-state index < -0.39 is 6.35 Å². The van der Waals surface area contributed by atoms with Gasteiger partial charge in [-0.3, -0.25) is 24.2 Å². The highest BCUT2D eigenvalue weighted by atomic mass is 16.3. The SMILES string of the molecule is CC#CCn1c(N2CCC[C@@H](N)C2)nc2c1C(=O)N(Cc1ccc3nccnc3c1)C(O)N2C. The molecule has 2 atom stereocenters. The van der Waals surface area contributed by atoms with Gasteiger partial charge in [-0.25, -0.2) is 0 Å². The number of aromatic nitrogens is 4. The van der Waals surface area contributed by atoms with Crippen LogP contribution in [0.4, 0.5) is 11.8 Å². The summed E-state index contributed by atoms with van der Waals surface area (Å²) in [6.07, 6.45) is 4.04. The lowest BCUT2D eigenvalue weighted by Gasteiger charge is -2.38. The number of carbonyl (C=O) groups excluding carboxylic acids is 1. The predicted molar refractivity (Wildman–Crippen MR) is 129 cm³/mol. The first-order valence-electron chi connectivity index (χ1n) is 11.4. The smallest absolute Gasteiger partial charge is 0.278 e. The van der Waals surface area contributed by atoms with Gasteiger partial charge in [-0.1, -0.05) is 12.0 Å². The summed E-state index contributed by atoms with van der Waals surface area (Å²) in [4.78, 5) is 32.4. The molecule has 5 rings (SSSR count). The highest BCUT2D eigenvalue weighted by Crippen LogP contribution is 2.34. The first-order valence-corrected chi connectivity index (χ1v) is 11.4.